The molecule has 0 saturated carbocycles. The van der Waals surface area contributed by atoms with Crippen LogP contribution in [0.3, 0.4) is 0 Å². The van der Waals surface area contributed by atoms with E-state index in [2.05, 4.69) is 14.7 Å². The zero-order chi connectivity index (χ0) is 15.4. The fourth-order valence-corrected chi connectivity index (χ4v) is 2.25. The maximum absolute atomic E-state index is 5.91. The Morgan fingerprint density at radius 2 is 1.91 bits per heavy atom. The number of rotatable bonds is 5. The molecule has 1 aromatic carbocycles. The van der Waals surface area contributed by atoms with Gasteiger partial charge in [-0.2, -0.15) is 4.98 Å². The summed E-state index contributed by atoms with van der Waals surface area (Å²) in [6, 6.07) is 13.0. The molecule has 0 atom stereocenters. The van der Waals surface area contributed by atoms with Gasteiger partial charge in [0.2, 0.25) is 5.88 Å². The maximum atomic E-state index is 5.91. The summed E-state index contributed by atoms with van der Waals surface area (Å²) in [7, 11) is 1.57. The number of nitrogens with zero attached hydrogens (tertiary/aromatic N) is 2. The third-order valence-electron chi connectivity index (χ3n) is 3.01. The molecule has 0 unspecified atom stereocenters. The van der Waals surface area contributed by atoms with Crippen LogP contribution < -0.4 is 19.3 Å². The minimum absolute atomic E-state index is 0.520. The van der Waals surface area contributed by atoms with Gasteiger partial charge in [0.05, 0.1) is 12.5 Å². The second-order valence-electron chi connectivity index (χ2n) is 4.38. The van der Waals surface area contributed by atoms with Gasteiger partial charge in [0.15, 0.2) is 5.65 Å². The molecule has 0 saturated heterocycles. The van der Waals surface area contributed by atoms with Gasteiger partial charge in [-0.3, -0.25) is 5.14 Å². The largest absolute Gasteiger partial charge is 0.481 e. The second-order valence-corrected chi connectivity index (χ2v) is 4.82. The van der Waals surface area contributed by atoms with Gasteiger partial charge in [-0.1, -0.05) is 0 Å². The van der Waals surface area contributed by atoms with E-state index in [0.29, 0.717) is 17.3 Å². The number of aromatic nitrogens is 2. The van der Waals surface area contributed by atoms with Crippen LogP contribution in [0.1, 0.15) is 0 Å². The topological polar surface area (TPSA) is 82.3 Å². The molecule has 0 fully saturated rings. The van der Waals surface area contributed by atoms with E-state index >= 15 is 0 Å². The van der Waals surface area contributed by atoms with E-state index < -0.39 is 0 Å². The number of hydrogen-bond acceptors (Lipinski definition) is 7. The van der Waals surface area contributed by atoms with Crippen molar-refractivity contribution in [3.63, 3.8) is 0 Å². The third kappa shape index (κ3) is 3.05. The minimum Gasteiger partial charge on any atom is -0.481 e. The Bertz CT molecular complexity index is 780. The van der Waals surface area contributed by atoms with Crippen LogP contribution >= 0.6 is 12.1 Å². The molecule has 0 radical (unpaired) electrons. The van der Waals surface area contributed by atoms with E-state index in [9.17, 15) is 0 Å². The predicted octanol–water partition coefficient (Wildman–Crippen LogP) is 3.36. The zero-order valence-electron chi connectivity index (χ0n) is 11.8. The lowest BCUT2D eigenvalue weighted by Gasteiger charge is -2.09. The Hall–Kier alpha value is -2.51. The normalized spacial score (nSPS) is 10.5. The van der Waals surface area contributed by atoms with Crippen LogP contribution in [0.25, 0.3) is 11.0 Å². The van der Waals surface area contributed by atoms with Crippen molar-refractivity contribution in [3.05, 3.63) is 48.7 Å². The van der Waals surface area contributed by atoms with E-state index in [4.69, 9.17) is 14.6 Å². The third-order valence-corrected chi connectivity index (χ3v) is 3.36. The van der Waals surface area contributed by atoms with Crippen LogP contribution in [0.2, 0.25) is 0 Å². The van der Waals surface area contributed by atoms with Crippen molar-refractivity contribution in [2.75, 3.05) is 11.8 Å². The average molecular weight is 314 g/mol. The molecule has 6 nitrogen and oxygen atoms in total. The Morgan fingerprint density at radius 3 is 2.64 bits per heavy atom. The molecule has 3 N–H and O–H groups in total. The summed E-state index contributed by atoms with van der Waals surface area (Å²) in [5.41, 5.74) is 1.49. The molecule has 112 valence electrons. The van der Waals surface area contributed by atoms with Crippen molar-refractivity contribution in [2.45, 2.75) is 0 Å². The fraction of sp³-hybridized carbons (Fsp3) is 0.0667. The molecule has 7 heteroatoms. The molecular formula is C15H14N4O2S. The first-order valence-electron chi connectivity index (χ1n) is 6.49. The summed E-state index contributed by atoms with van der Waals surface area (Å²) < 4.78 is 14.0. The Labute approximate surface area is 131 Å². The molecule has 0 bridgehead atoms. The molecule has 0 aliphatic rings. The minimum atomic E-state index is 0.520. The van der Waals surface area contributed by atoms with Crippen molar-refractivity contribution in [1.29, 1.82) is 0 Å². The lowest BCUT2D eigenvalue weighted by molar-refractivity contribution is 0.399. The van der Waals surface area contributed by atoms with Crippen molar-refractivity contribution < 1.29 is 9.47 Å². The molecule has 0 aliphatic carbocycles. The molecule has 2 aromatic heterocycles. The fourth-order valence-electron chi connectivity index (χ4n) is 1.98. The van der Waals surface area contributed by atoms with Gasteiger partial charge < -0.3 is 14.2 Å². The predicted molar refractivity (Wildman–Crippen MR) is 88.0 cm³/mol. The lowest BCUT2D eigenvalue weighted by Crippen LogP contribution is -1.93. The lowest BCUT2D eigenvalue weighted by atomic mass is 10.2. The van der Waals surface area contributed by atoms with Crippen molar-refractivity contribution >= 4 is 28.9 Å². The van der Waals surface area contributed by atoms with E-state index in [1.165, 1.54) is 0 Å². The molecule has 0 aliphatic heterocycles. The van der Waals surface area contributed by atoms with Crippen molar-refractivity contribution in [1.82, 2.24) is 9.97 Å². The number of pyridine rings is 2. The zero-order valence-corrected chi connectivity index (χ0v) is 12.6. The summed E-state index contributed by atoms with van der Waals surface area (Å²) in [5.74, 6) is 1.93. The summed E-state index contributed by atoms with van der Waals surface area (Å²) in [4.78, 5) is 8.53. The molecule has 0 amide bonds. The highest BCUT2D eigenvalue weighted by molar-refractivity contribution is 7.98. The first-order chi connectivity index (χ1) is 10.8. The SMILES string of the molecule is COc1ccc2c(Oc3ccc(NSN)cc3)ccnc2n1. The highest BCUT2D eigenvalue weighted by atomic mass is 32.2. The quantitative estimate of drug-likeness (QED) is 0.699. The van der Waals surface area contributed by atoms with Gasteiger partial charge in [0.1, 0.15) is 11.5 Å². The second kappa shape index (κ2) is 6.50. The number of hydrogen-bond donors (Lipinski definition) is 2. The molecule has 3 aromatic rings. The standard InChI is InChI=1S/C15H14N4O2S/c1-20-14-7-6-12-13(8-9-17-15(12)18-14)21-11-4-2-10(3-5-11)19-22-16/h2-9,19H,16H2,1H3. The Kier molecular flexibility index (Phi) is 4.27. The number of nitrogens with one attached hydrogen (secondary N) is 1. The summed E-state index contributed by atoms with van der Waals surface area (Å²) in [6.45, 7) is 0. The van der Waals surface area contributed by atoms with E-state index in [0.717, 1.165) is 29.0 Å². The molecule has 0 spiro atoms. The van der Waals surface area contributed by atoms with Gasteiger partial charge in [0, 0.05) is 30.1 Å². The van der Waals surface area contributed by atoms with Crippen LogP contribution in [0.5, 0.6) is 17.4 Å². The van der Waals surface area contributed by atoms with Crippen LogP contribution in [0, 0.1) is 0 Å². The first-order valence-corrected chi connectivity index (χ1v) is 7.37. The van der Waals surface area contributed by atoms with Gasteiger partial charge in [-0.05, 0) is 36.4 Å². The van der Waals surface area contributed by atoms with Crippen LogP contribution in [-0.4, -0.2) is 17.1 Å². The summed E-state index contributed by atoms with van der Waals surface area (Å²) in [5, 5.41) is 6.18. The van der Waals surface area contributed by atoms with Crippen molar-refractivity contribution in [3.8, 4) is 17.4 Å². The number of fused-ring (bicyclic) bond motifs is 1. The Morgan fingerprint density at radius 1 is 1.09 bits per heavy atom. The maximum Gasteiger partial charge on any atom is 0.215 e. The Balaban J connectivity index is 1.90. The molecular weight excluding hydrogens is 300 g/mol. The summed E-state index contributed by atoms with van der Waals surface area (Å²) >= 11 is 1.05. The van der Waals surface area contributed by atoms with Crippen LogP contribution in [-0.2, 0) is 0 Å². The van der Waals surface area contributed by atoms with Gasteiger partial charge in [0.25, 0.3) is 0 Å². The van der Waals surface area contributed by atoms with E-state index in [1.54, 1.807) is 25.4 Å². The van der Waals surface area contributed by atoms with Crippen LogP contribution in [0.4, 0.5) is 5.69 Å². The van der Waals surface area contributed by atoms with Gasteiger partial charge in [-0.25, -0.2) is 4.98 Å². The number of benzene rings is 1. The highest BCUT2D eigenvalue weighted by Crippen LogP contribution is 2.29. The number of nitrogens with two attached hydrogens (primary N) is 1. The number of ether oxygens (including phenoxy) is 2. The number of methoxy groups -OCH3 is 1. The summed E-state index contributed by atoms with van der Waals surface area (Å²) in [6.07, 6.45) is 1.66. The highest BCUT2D eigenvalue weighted by Gasteiger charge is 2.07. The van der Waals surface area contributed by atoms with Gasteiger partial charge in [-0.15, -0.1) is 0 Å². The monoisotopic (exact) mass is 314 g/mol. The number of anilines is 1. The molecule has 22 heavy (non-hydrogen) atoms. The van der Waals surface area contributed by atoms with E-state index in [1.807, 2.05) is 30.3 Å². The van der Waals surface area contributed by atoms with Gasteiger partial charge >= 0.3 is 0 Å². The van der Waals surface area contributed by atoms with Crippen molar-refractivity contribution in [2.24, 2.45) is 5.14 Å². The smallest absolute Gasteiger partial charge is 0.215 e. The molecule has 2 heterocycles. The average Bonchev–Trinajstić information content (AvgIpc) is 2.56. The van der Waals surface area contributed by atoms with Crippen LogP contribution in [0.15, 0.2) is 48.7 Å². The van der Waals surface area contributed by atoms with E-state index in [-0.39, 0.29) is 0 Å². The first kappa shape index (κ1) is 14.4. The molecule has 3 rings (SSSR count).